The first-order chi connectivity index (χ1) is 10.2. The molecule has 0 unspecified atom stereocenters. The topological polar surface area (TPSA) is 59.5 Å². The van der Waals surface area contributed by atoms with E-state index in [1.54, 1.807) is 11.1 Å². The minimum Gasteiger partial charge on any atom is -0.444 e. The number of nitrogens with zero attached hydrogens (tertiary/aromatic N) is 2. The summed E-state index contributed by atoms with van der Waals surface area (Å²) < 4.78 is 18.4. The zero-order chi connectivity index (χ0) is 16.3. The minimum atomic E-state index is -1.04. The Balaban J connectivity index is 1.92. The third-order valence-corrected chi connectivity index (χ3v) is 6.23. The molecular formula is C14H21ClN2O3S2. The number of rotatable bonds is 3. The summed E-state index contributed by atoms with van der Waals surface area (Å²) in [4.78, 5) is 18.7. The van der Waals surface area contributed by atoms with Crippen LogP contribution >= 0.6 is 22.9 Å². The van der Waals surface area contributed by atoms with Gasteiger partial charge in [-0.25, -0.2) is 9.78 Å². The summed E-state index contributed by atoms with van der Waals surface area (Å²) in [5, 5.41) is -0.0258. The number of piperidine rings is 1. The molecular weight excluding hydrogens is 344 g/mol. The van der Waals surface area contributed by atoms with Crippen molar-refractivity contribution < 1.29 is 13.7 Å². The van der Waals surface area contributed by atoms with E-state index in [0.717, 1.165) is 17.7 Å². The summed E-state index contributed by atoms with van der Waals surface area (Å²) in [5.74, 6) is 0.442. The molecule has 2 heterocycles. The van der Waals surface area contributed by atoms with E-state index in [0.29, 0.717) is 23.3 Å². The summed E-state index contributed by atoms with van der Waals surface area (Å²) in [6, 6.07) is 0. The number of amides is 1. The van der Waals surface area contributed by atoms with Crippen molar-refractivity contribution in [1.29, 1.82) is 0 Å². The van der Waals surface area contributed by atoms with E-state index in [4.69, 9.17) is 16.3 Å². The fraction of sp³-hybridized carbons (Fsp3) is 0.714. The van der Waals surface area contributed by atoms with Crippen molar-refractivity contribution in [1.82, 2.24) is 9.88 Å². The van der Waals surface area contributed by atoms with Crippen molar-refractivity contribution in [2.24, 2.45) is 0 Å². The number of aromatic nitrogens is 1. The van der Waals surface area contributed by atoms with Crippen molar-refractivity contribution >= 4 is 39.8 Å². The monoisotopic (exact) mass is 364 g/mol. The predicted molar refractivity (Wildman–Crippen MR) is 89.8 cm³/mol. The summed E-state index contributed by atoms with van der Waals surface area (Å²) in [7, 11) is -1.04. The lowest BCUT2D eigenvalue weighted by atomic mass is 10.1. The van der Waals surface area contributed by atoms with Gasteiger partial charge in [0.05, 0.1) is 11.0 Å². The van der Waals surface area contributed by atoms with Gasteiger partial charge < -0.3 is 9.64 Å². The summed E-state index contributed by atoms with van der Waals surface area (Å²) >= 11 is 7.15. The van der Waals surface area contributed by atoms with E-state index in [1.165, 1.54) is 11.3 Å². The molecule has 0 saturated carbocycles. The lowest BCUT2D eigenvalue weighted by Gasteiger charge is -2.33. The number of hydrogen-bond donors (Lipinski definition) is 0. The average molecular weight is 365 g/mol. The standard InChI is InChI=1S/C14H21ClN2O3S2/c1-14(2,3)20-13(18)17-6-4-5-11(8-17)22(19)9-10-7-16-12(15)21-10/h7,11H,4-6,8-9H2,1-3H3/t11-,22+/m0/s1. The highest BCUT2D eigenvalue weighted by Gasteiger charge is 2.30. The Morgan fingerprint density at radius 2 is 2.32 bits per heavy atom. The molecule has 1 amide bonds. The van der Waals surface area contributed by atoms with Crippen LogP contribution in [0.4, 0.5) is 4.79 Å². The van der Waals surface area contributed by atoms with Gasteiger partial charge in [0.25, 0.3) is 0 Å². The Morgan fingerprint density at radius 1 is 1.59 bits per heavy atom. The van der Waals surface area contributed by atoms with Gasteiger partial charge in [0, 0.05) is 35.0 Å². The lowest BCUT2D eigenvalue weighted by Crippen LogP contribution is -2.46. The first-order valence-electron chi connectivity index (χ1n) is 7.20. The van der Waals surface area contributed by atoms with Gasteiger partial charge >= 0.3 is 6.09 Å². The van der Waals surface area contributed by atoms with Gasteiger partial charge in [-0.3, -0.25) is 4.21 Å². The van der Waals surface area contributed by atoms with Crippen LogP contribution < -0.4 is 0 Å². The predicted octanol–water partition coefficient (Wildman–Crippen LogP) is 3.44. The molecule has 1 saturated heterocycles. The van der Waals surface area contributed by atoms with E-state index in [1.807, 2.05) is 20.8 Å². The van der Waals surface area contributed by atoms with Crippen molar-refractivity contribution in [3.05, 3.63) is 15.5 Å². The molecule has 0 radical (unpaired) electrons. The molecule has 1 aliphatic rings. The summed E-state index contributed by atoms with van der Waals surface area (Å²) in [5.41, 5.74) is -0.511. The first-order valence-corrected chi connectivity index (χ1v) is 9.77. The van der Waals surface area contributed by atoms with Crippen LogP contribution in [0.15, 0.2) is 6.20 Å². The molecule has 5 nitrogen and oxygen atoms in total. The Labute approximate surface area is 142 Å². The molecule has 124 valence electrons. The van der Waals surface area contributed by atoms with Gasteiger partial charge in [-0.2, -0.15) is 0 Å². The second-order valence-corrected chi connectivity index (χ2v) is 9.71. The molecule has 0 N–H and O–H groups in total. The number of likely N-dealkylation sites (tertiary alicyclic amines) is 1. The van der Waals surface area contributed by atoms with Crippen LogP contribution in [0.1, 0.15) is 38.5 Å². The Morgan fingerprint density at radius 3 is 2.91 bits per heavy atom. The highest BCUT2D eigenvalue weighted by molar-refractivity contribution is 7.85. The van der Waals surface area contributed by atoms with Gasteiger partial charge in [-0.1, -0.05) is 11.6 Å². The highest BCUT2D eigenvalue weighted by Crippen LogP contribution is 2.23. The highest BCUT2D eigenvalue weighted by atomic mass is 35.5. The van der Waals surface area contributed by atoms with Gasteiger partial charge in [0.1, 0.15) is 5.60 Å². The van der Waals surface area contributed by atoms with Crippen molar-refractivity contribution in [3.63, 3.8) is 0 Å². The second-order valence-electron chi connectivity index (χ2n) is 6.30. The molecule has 0 spiro atoms. The Hall–Kier alpha value is -0.660. The molecule has 1 fully saturated rings. The zero-order valence-corrected chi connectivity index (χ0v) is 15.4. The fourth-order valence-electron chi connectivity index (χ4n) is 2.25. The first kappa shape index (κ1) is 17.7. The normalized spacial score (nSPS) is 20.7. The fourth-order valence-corrected chi connectivity index (χ4v) is 4.98. The van der Waals surface area contributed by atoms with Crippen LogP contribution in [0.2, 0.25) is 4.47 Å². The molecule has 8 heteroatoms. The third-order valence-electron chi connectivity index (χ3n) is 3.21. The Bertz CT molecular complexity index is 557. The minimum absolute atomic E-state index is 0.0258. The maximum Gasteiger partial charge on any atom is 0.410 e. The van der Waals surface area contributed by atoms with E-state index >= 15 is 0 Å². The van der Waals surface area contributed by atoms with Crippen LogP contribution in [0.25, 0.3) is 0 Å². The van der Waals surface area contributed by atoms with Crippen LogP contribution in [0, 0.1) is 0 Å². The van der Waals surface area contributed by atoms with Crippen LogP contribution in [0.3, 0.4) is 0 Å². The molecule has 1 aromatic rings. The van der Waals surface area contributed by atoms with Gasteiger partial charge in [-0.15, -0.1) is 11.3 Å². The Kier molecular flexibility index (Phi) is 5.85. The molecule has 1 aromatic heterocycles. The van der Waals surface area contributed by atoms with Gasteiger partial charge in [0.2, 0.25) is 0 Å². The molecule has 1 aliphatic heterocycles. The molecule has 0 aliphatic carbocycles. The van der Waals surface area contributed by atoms with E-state index < -0.39 is 16.4 Å². The quantitative estimate of drug-likeness (QED) is 0.824. The van der Waals surface area contributed by atoms with E-state index in [-0.39, 0.29) is 11.3 Å². The van der Waals surface area contributed by atoms with Gasteiger partial charge in [-0.05, 0) is 33.6 Å². The zero-order valence-electron chi connectivity index (χ0n) is 13.0. The molecule has 22 heavy (non-hydrogen) atoms. The maximum atomic E-state index is 12.5. The maximum absolute atomic E-state index is 12.5. The molecule has 0 bridgehead atoms. The third kappa shape index (κ3) is 5.21. The van der Waals surface area contributed by atoms with Crippen LogP contribution in [-0.2, 0) is 21.3 Å². The largest absolute Gasteiger partial charge is 0.444 e. The van der Waals surface area contributed by atoms with Crippen molar-refractivity contribution in [2.75, 3.05) is 13.1 Å². The molecule has 2 atom stereocenters. The average Bonchev–Trinajstić information content (AvgIpc) is 2.82. The number of thiazole rings is 1. The number of carbonyl (C=O) groups is 1. The van der Waals surface area contributed by atoms with Crippen LogP contribution in [0.5, 0.6) is 0 Å². The number of halogens is 1. The van der Waals surface area contributed by atoms with Gasteiger partial charge in [0.15, 0.2) is 4.47 Å². The van der Waals surface area contributed by atoms with E-state index in [2.05, 4.69) is 4.98 Å². The molecule has 0 aromatic carbocycles. The number of carbonyl (C=O) groups excluding carboxylic acids is 1. The summed E-state index contributed by atoms with van der Waals surface area (Å²) in [6.45, 7) is 6.68. The van der Waals surface area contributed by atoms with Crippen molar-refractivity contribution in [3.8, 4) is 0 Å². The molecule has 2 rings (SSSR count). The number of hydrogen-bond acceptors (Lipinski definition) is 5. The smallest absolute Gasteiger partial charge is 0.410 e. The SMILES string of the molecule is CC(C)(C)OC(=O)N1CCC[C@H]([S@](=O)Cc2cnc(Cl)s2)C1. The lowest BCUT2D eigenvalue weighted by molar-refractivity contribution is 0.0219. The van der Waals surface area contributed by atoms with Crippen LogP contribution in [-0.4, -0.2) is 44.1 Å². The summed E-state index contributed by atoms with van der Waals surface area (Å²) in [6.07, 6.45) is 3.05. The number of ether oxygens (including phenoxy) is 1. The second kappa shape index (κ2) is 7.27. The van der Waals surface area contributed by atoms with E-state index in [9.17, 15) is 9.00 Å². The van der Waals surface area contributed by atoms with Crippen molar-refractivity contribution in [2.45, 2.75) is 50.2 Å².